The van der Waals surface area contributed by atoms with Crippen molar-refractivity contribution in [3.05, 3.63) is 16.7 Å². The molecular weight excluding hydrogens is 280 g/mol. The highest BCUT2D eigenvalue weighted by molar-refractivity contribution is 9.10. The van der Waals surface area contributed by atoms with Crippen LogP contribution < -0.4 is 10.6 Å². The van der Waals surface area contributed by atoms with Gasteiger partial charge in [-0.1, -0.05) is 0 Å². The van der Waals surface area contributed by atoms with Crippen LogP contribution >= 0.6 is 15.9 Å². The molecule has 4 nitrogen and oxygen atoms in total. The minimum absolute atomic E-state index is 0.631. The molecule has 0 amide bonds. The van der Waals surface area contributed by atoms with Crippen molar-refractivity contribution in [3.63, 3.8) is 0 Å². The number of likely N-dealkylation sites (N-methyl/N-ethyl adjacent to an activating group) is 2. The molecule has 1 aliphatic rings. The summed E-state index contributed by atoms with van der Waals surface area (Å²) in [7, 11) is 4.27. The molecule has 1 atom stereocenters. The van der Waals surface area contributed by atoms with Gasteiger partial charge in [0.15, 0.2) is 0 Å². The zero-order chi connectivity index (χ0) is 12.4. The molecule has 1 unspecified atom stereocenters. The van der Waals surface area contributed by atoms with Gasteiger partial charge in [-0.05, 0) is 48.4 Å². The molecule has 2 rings (SSSR count). The average Bonchev–Trinajstić information content (AvgIpc) is 2.64. The molecule has 2 N–H and O–H groups in total. The van der Waals surface area contributed by atoms with Crippen LogP contribution in [0, 0.1) is 0 Å². The summed E-state index contributed by atoms with van der Waals surface area (Å²) >= 11 is 3.51. The maximum absolute atomic E-state index is 5.69. The molecule has 5 heteroatoms. The van der Waals surface area contributed by atoms with E-state index in [0.29, 0.717) is 11.7 Å². The van der Waals surface area contributed by atoms with E-state index in [1.165, 1.54) is 19.4 Å². The Kier molecular flexibility index (Phi) is 3.89. The van der Waals surface area contributed by atoms with Gasteiger partial charge in [-0.2, -0.15) is 0 Å². The van der Waals surface area contributed by atoms with Gasteiger partial charge >= 0.3 is 0 Å². The first-order chi connectivity index (χ1) is 8.08. The number of likely N-dealkylation sites (tertiary alicyclic amines) is 1. The molecule has 0 bridgehead atoms. The van der Waals surface area contributed by atoms with Gasteiger partial charge in [0, 0.05) is 19.6 Å². The summed E-state index contributed by atoms with van der Waals surface area (Å²) in [4.78, 5) is 8.99. The molecule has 17 heavy (non-hydrogen) atoms. The van der Waals surface area contributed by atoms with Gasteiger partial charge in [-0.3, -0.25) is 0 Å². The minimum atomic E-state index is 0.631. The second-order valence-corrected chi connectivity index (χ2v) is 5.59. The molecular formula is C12H19BrN4. The first kappa shape index (κ1) is 12.6. The Morgan fingerprint density at radius 3 is 3.00 bits per heavy atom. The Morgan fingerprint density at radius 2 is 2.41 bits per heavy atom. The number of halogens is 1. The van der Waals surface area contributed by atoms with E-state index in [-0.39, 0.29) is 0 Å². The lowest BCUT2D eigenvalue weighted by Gasteiger charge is -2.27. The number of pyridine rings is 1. The highest BCUT2D eigenvalue weighted by Gasteiger charge is 2.23. The summed E-state index contributed by atoms with van der Waals surface area (Å²) in [6.45, 7) is 2.21. The second-order valence-electron chi connectivity index (χ2n) is 4.73. The average molecular weight is 299 g/mol. The standard InChI is InChI=1S/C12H19BrN4/c1-16-5-3-4-10(16)8-17(2)12-11(13)6-9(14)7-15-12/h6-7,10H,3-5,8,14H2,1-2H3. The molecule has 1 saturated heterocycles. The van der Waals surface area contributed by atoms with Crippen LogP contribution in [0.1, 0.15) is 12.8 Å². The van der Waals surface area contributed by atoms with Crippen LogP contribution in [0.15, 0.2) is 16.7 Å². The van der Waals surface area contributed by atoms with Gasteiger partial charge in [-0.25, -0.2) is 4.98 Å². The zero-order valence-electron chi connectivity index (χ0n) is 10.4. The van der Waals surface area contributed by atoms with Gasteiger partial charge in [0.05, 0.1) is 16.4 Å². The van der Waals surface area contributed by atoms with E-state index < -0.39 is 0 Å². The largest absolute Gasteiger partial charge is 0.397 e. The van der Waals surface area contributed by atoms with Crippen molar-refractivity contribution in [1.82, 2.24) is 9.88 Å². The van der Waals surface area contributed by atoms with Gasteiger partial charge in [0.1, 0.15) is 5.82 Å². The summed E-state index contributed by atoms with van der Waals surface area (Å²) in [5.74, 6) is 0.958. The fraction of sp³-hybridized carbons (Fsp3) is 0.583. The van der Waals surface area contributed by atoms with E-state index in [4.69, 9.17) is 5.73 Å². The molecule has 1 aromatic heterocycles. The van der Waals surface area contributed by atoms with Crippen molar-refractivity contribution in [2.45, 2.75) is 18.9 Å². The van der Waals surface area contributed by atoms with Crippen molar-refractivity contribution in [3.8, 4) is 0 Å². The van der Waals surface area contributed by atoms with Gasteiger partial charge in [0.2, 0.25) is 0 Å². The van der Waals surface area contributed by atoms with Crippen molar-refractivity contribution in [1.29, 1.82) is 0 Å². The Hall–Kier alpha value is -0.810. The normalized spacial score (nSPS) is 20.8. The number of nitrogens with zero attached hydrogens (tertiary/aromatic N) is 3. The third-order valence-corrected chi connectivity index (χ3v) is 3.94. The summed E-state index contributed by atoms with van der Waals surface area (Å²) < 4.78 is 0.959. The van der Waals surface area contributed by atoms with E-state index in [9.17, 15) is 0 Å². The number of hydrogen-bond donors (Lipinski definition) is 1. The van der Waals surface area contributed by atoms with E-state index >= 15 is 0 Å². The fourth-order valence-corrected chi connectivity index (χ4v) is 3.01. The number of hydrogen-bond acceptors (Lipinski definition) is 4. The maximum Gasteiger partial charge on any atom is 0.142 e. The lowest BCUT2D eigenvalue weighted by molar-refractivity contribution is 0.314. The van der Waals surface area contributed by atoms with Crippen molar-refractivity contribution < 1.29 is 0 Å². The molecule has 94 valence electrons. The summed E-state index contributed by atoms with van der Waals surface area (Å²) in [6, 6.07) is 2.53. The predicted molar refractivity (Wildman–Crippen MR) is 75.3 cm³/mol. The molecule has 1 fully saturated rings. The summed E-state index contributed by atoms with van der Waals surface area (Å²) in [5, 5.41) is 0. The van der Waals surface area contributed by atoms with Gasteiger partial charge in [-0.15, -0.1) is 0 Å². The second kappa shape index (κ2) is 5.23. The van der Waals surface area contributed by atoms with E-state index in [1.807, 2.05) is 6.07 Å². The van der Waals surface area contributed by atoms with Crippen LogP contribution in [0.5, 0.6) is 0 Å². The van der Waals surface area contributed by atoms with Crippen molar-refractivity contribution in [2.24, 2.45) is 0 Å². The molecule has 0 spiro atoms. The van der Waals surface area contributed by atoms with E-state index in [1.54, 1.807) is 6.20 Å². The molecule has 2 heterocycles. The van der Waals surface area contributed by atoms with Crippen LogP contribution in [0.25, 0.3) is 0 Å². The van der Waals surface area contributed by atoms with Gasteiger partial charge < -0.3 is 15.5 Å². The number of nitrogen functional groups attached to an aromatic ring is 1. The third kappa shape index (κ3) is 2.90. The van der Waals surface area contributed by atoms with Crippen molar-refractivity contribution in [2.75, 3.05) is 37.8 Å². The monoisotopic (exact) mass is 298 g/mol. The number of rotatable bonds is 3. The third-order valence-electron chi connectivity index (χ3n) is 3.36. The van der Waals surface area contributed by atoms with Crippen LogP contribution in [0.3, 0.4) is 0 Å². The highest BCUT2D eigenvalue weighted by Crippen LogP contribution is 2.26. The number of anilines is 2. The Labute approximate surface area is 111 Å². The lowest BCUT2D eigenvalue weighted by atomic mass is 10.2. The minimum Gasteiger partial charge on any atom is -0.397 e. The first-order valence-corrected chi connectivity index (χ1v) is 6.69. The molecule has 1 aliphatic heterocycles. The Bertz CT molecular complexity index is 396. The maximum atomic E-state index is 5.69. The smallest absolute Gasteiger partial charge is 0.142 e. The molecule has 0 radical (unpaired) electrons. The SMILES string of the molecule is CN(CC1CCCN1C)c1ncc(N)cc1Br. The number of aromatic nitrogens is 1. The quantitative estimate of drug-likeness (QED) is 0.927. The summed E-state index contributed by atoms with van der Waals surface area (Å²) in [6.07, 6.45) is 4.27. The topological polar surface area (TPSA) is 45.4 Å². The zero-order valence-corrected chi connectivity index (χ0v) is 11.9. The fourth-order valence-electron chi connectivity index (χ4n) is 2.34. The van der Waals surface area contributed by atoms with Crippen LogP contribution in [-0.4, -0.2) is 43.1 Å². The van der Waals surface area contributed by atoms with Crippen LogP contribution in [0.4, 0.5) is 11.5 Å². The Morgan fingerprint density at radius 1 is 1.65 bits per heavy atom. The highest BCUT2D eigenvalue weighted by atomic mass is 79.9. The summed E-state index contributed by atoms with van der Waals surface area (Å²) in [5.41, 5.74) is 6.38. The number of nitrogens with two attached hydrogens (primary N) is 1. The first-order valence-electron chi connectivity index (χ1n) is 5.90. The van der Waals surface area contributed by atoms with Crippen LogP contribution in [0.2, 0.25) is 0 Å². The van der Waals surface area contributed by atoms with Crippen LogP contribution in [-0.2, 0) is 0 Å². The molecule has 0 aliphatic carbocycles. The predicted octanol–water partition coefficient (Wildman–Crippen LogP) is 1.96. The molecule has 1 aromatic rings. The van der Waals surface area contributed by atoms with E-state index in [0.717, 1.165) is 16.8 Å². The lowest BCUT2D eigenvalue weighted by Crippen LogP contribution is -2.37. The van der Waals surface area contributed by atoms with Gasteiger partial charge in [0.25, 0.3) is 0 Å². The van der Waals surface area contributed by atoms with Crippen molar-refractivity contribution >= 4 is 27.4 Å². The Balaban J connectivity index is 2.06. The van der Waals surface area contributed by atoms with E-state index in [2.05, 4.69) is 44.8 Å². The molecule has 0 aromatic carbocycles. The molecule has 0 saturated carbocycles.